The number of nitrogens with two attached hydrogens (primary N) is 2. The van der Waals surface area contributed by atoms with Crippen LogP contribution < -0.4 is 16.8 Å². The van der Waals surface area contributed by atoms with Crippen molar-refractivity contribution in [1.82, 2.24) is 5.32 Å². The lowest BCUT2D eigenvalue weighted by Gasteiger charge is -2.24. The maximum absolute atomic E-state index is 5.87. The zero-order valence-corrected chi connectivity index (χ0v) is 6.67. The van der Waals surface area contributed by atoms with Gasteiger partial charge < -0.3 is 16.8 Å². The molecule has 0 aliphatic carbocycles. The van der Waals surface area contributed by atoms with Gasteiger partial charge in [0.15, 0.2) is 5.96 Å². The molecular formula is C7H14N4. The van der Waals surface area contributed by atoms with Gasteiger partial charge in [0.1, 0.15) is 5.66 Å². The van der Waals surface area contributed by atoms with Crippen molar-refractivity contribution in [2.45, 2.75) is 25.4 Å². The molecule has 0 aromatic rings. The topological polar surface area (TPSA) is 76.4 Å². The molecule has 0 aromatic heterocycles. The molecule has 1 aliphatic rings. The van der Waals surface area contributed by atoms with Crippen LogP contribution in [0.3, 0.4) is 0 Å². The van der Waals surface area contributed by atoms with Gasteiger partial charge in [-0.15, -0.1) is 0 Å². The van der Waals surface area contributed by atoms with E-state index in [1.807, 2.05) is 6.08 Å². The summed E-state index contributed by atoms with van der Waals surface area (Å²) >= 11 is 0. The van der Waals surface area contributed by atoms with Gasteiger partial charge >= 0.3 is 0 Å². The summed E-state index contributed by atoms with van der Waals surface area (Å²) in [6.07, 6.45) is 5.38. The van der Waals surface area contributed by atoms with Gasteiger partial charge in [-0.05, 0) is 12.5 Å². The predicted octanol–water partition coefficient (Wildman–Crippen LogP) is -0.127. The molecule has 4 heteroatoms. The Bertz CT molecular complexity index is 197. The van der Waals surface area contributed by atoms with E-state index in [4.69, 9.17) is 11.5 Å². The van der Waals surface area contributed by atoms with Crippen LogP contribution in [0.15, 0.2) is 17.3 Å². The predicted molar refractivity (Wildman–Crippen MR) is 45.7 cm³/mol. The second-order valence-corrected chi connectivity index (χ2v) is 2.72. The van der Waals surface area contributed by atoms with Gasteiger partial charge in [-0.1, -0.05) is 13.3 Å². The minimum absolute atomic E-state index is 0.392. The summed E-state index contributed by atoms with van der Waals surface area (Å²) < 4.78 is 0. The third-order valence-electron chi connectivity index (χ3n) is 1.58. The van der Waals surface area contributed by atoms with Crippen molar-refractivity contribution in [3.63, 3.8) is 0 Å². The summed E-state index contributed by atoms with van der Waals surface area (Å²) in [5.41, 5.74) is 10.7. The SMILES string of the molecule is CCCC1(N)C=CNC(N)=N1. The van der Waals surface area contributed by atoms with Crippen LogP contribution in [0, 0.1) is 0 Å². The zero-order chi connectivity index (χ0) is 8.32. The Labute approximate surface area is 66.4 Å². The summed E-state index contributed by atoms with van der Waals surface area (Å²) in [5.74, 6) is 0.392. The Kier molecular flexibility index (Phi) is 2.14. The van der Waals surface area contributed by atoms with Gasteiger partial charge in [-0.3, -0.25) is 0 Å². The number of nitrogens with zero attached hydrogens (tertiary/aromatic N) is 1. The molecule has 0 fully saturated rings. The molecule has 0 radical (unpaired) electrons. The standard InChI is InChI=1S/C7H14N4/c1-2-3-7(9)4-5-10-6(8)11-7/h4-5H,2-3,9H2,1H3,(H3,8,10,11). The van der Waals surface area contributed by atoms with E-state index < -0.39 is 5.66 Å². The fourth-order valence-electron chi connectivity index (χ4n) is 1.10. The number of nitrogens with one attached hydrogen (secondary N) is 1. The summed E-state index contributed by atoms with van der Waals surface area (Å²) in [7, 11) is 0. The first-order valence-corrected chi connectivity index (χ1v) is 3.75. The summed E-state index contributed by atoms with van der Waals surface area (Å²) in [4.78, 5) is 4.08. The highest BCUT2D eigenvalue weighted by Gasteiger charge is 2.21. The van der Waals surface area contributed by atoms with Crippen LogP contribution in [0.4, 0.5) is 0 Å². The van der Waals surface area contributed by atoms with E-state index in [9.17, 15) is 0 Å². The van der Waals surface area contributed by atoms with Crippen molar-refractivity contribution in [3.8, 4) is 0 Å². The maximum atomic E-state index is 5.87. The van der Waals surface area contributed by atoms with Crippen LogP contribution in [0.25, 0.3) is 0 Å². The average Bonchev–Trinajstić information content (AvgIpc) is 1.86. The highest BCUT2D eigenvalue weighted by Crippen LogP contribution is 2.14. The van der Waals surface area contributed by atoms with E-state index in [2.05, 4.69) is 17.2 Å². The van der Waals surface area contributed by atoms with E-state index >= 15 is 0 Å². The van der Waals surface area contributed by atoms with Crippen LogP contribution in [0.2, 0.25) is 0 Å². The molecule has 0 bridgehead atoms. The smallest absolute Gasteiger partial charge is 0.194 e. The molecular weight excluding hydrogens is 140 g/mol. The van der Waals surface area contributed by atoms with Crippen LogP contribution in [0.1, 0.15) is 19.8 Å². The van der Waals surface area contributed by atoms with Crippen LogP contribution in [0.5, 0.6) is 0 Å². The fraction of sp³-hybridized carbons (Fsp3) is 0.571. The first-order chi connectivity index (χ1) is 5.16. The second kappa shape index (κ2) is 2.92. The Balaban J connectivity index is 2.68. The molecule has 62 valence electrons. The van der Waals surface area contributed by atoms with Crippen molar-refractivity contribution in [2.24, 2.45) is 16.5 Å². The van der Waals surface area contributed by atoms with Crippen molar-refractivity contribution in [3.05, 3.63) is 12.3 Å². The molecule has 0 amide bonds. The first kappa shape index (κ1) is 8.07. The molecule has 1 heterocycles. The second-order valence-electron chi connectivity index (χ2n) is 2.72. The third-order valence-corrected chi connectivity index (χ3v) is 1.58. The minimum Gasteiger partial charge on any atom is -0.370 e. The maximum Gasteiger partial charge on any atom is 0.194 e. The van der Waals surface area contributed by atoms with Gasteiger partial charge in [0.05, 0.1) is 0 Å². The summed E-state index contributed by atoms with van der Waals surface area (Å²) in [6, 6.07) is 0. The molecule has 0 spiro atoms. The molecule has 1 atom stereocenters. The van der Waals surface area contributed by atoms with Gasteiger partial charge in [-0.2, -0.15) is 0 Å². The van der Waals surface area contributed by atoms with Crippen molar-refractivity contribution in [2.75, 3.05) is 0 Å². The molecule has 11 heavy (non-hydrogen) atoms. The van der Waals surface area contributed by atoms with Gasteiger partial charge in [0.2, 0.25) is 0 Å². The molecule has 5 N–H and O–H groups in total. The summed E-state index contributed by atoms with van der Waals surface area (Å²) in [5, 5.41) is 2.76. The van der Waals surface area contributed by atoms with Crippen molar-refractivity contribution in [1.29, 1.82) is 0 Å². The third kappa shape index (κ3) is 1.94. The number of hydrogen-bond acceptors (Lipinski definition) is 4. The van der Waals surface area contributed by atoms with Crippen molar-refractivity contribution >= 4 is 5.96 Å². The largest absolute Gasteiger partial charge is 0.370 e. The molecule has 1 unspecified atom stereocenters. The normalized spacial score (nSPS) is 29.5. The number of hydrogen-bond donors (Lipinski definition) is 3. The lowest BCUT2D eigenvalue weighted by molar-refractivity contribution is 0.493. The van der Waals surface area contributed by atoms with Crippen LogP contribution in [-0.4, -0.2) is 11.6 Å². The number of aliphatic imine (C=N–C) groups is 1. The monoisotopic (exact) mass is 154 g/mol. The van der Waals surface area contributed by atoms with E-state index in [1.165, 1.54) is 0 Å². The minimum atomic E-state index is -0.579. The Morgan fingerprint density at radius 3 is 3.00 bits per heavy atom. The Morgan fingerprint density at radius 2 is 2.45 bits per heavy atom. The van der Waals surface area contributed by atoms with Gasteiger partial charge in [0, 0.05) is 6.20 Å². The van der Waals surface area contributed by atoms with E-state index in [-0.39, 0.29) is 0 Å². The lowest BCUT2D eigenvalue weighted by Crippen LogP contribution is -2.44. The molecule has 1 aliphatic heterocycles. The quantitative estimate of drug-likeness (QED) is 0.518. The molecule has 0 saturated heterocycles. The van der Waals surface area contributed by atoms with E-state index in [0.29, 0.717) is 5.96 Å². The Morgan fingerprint density at radius 1 is 1.73 bits per heavy atom. The lowest BCUT2D eigenvalue weighted by atomic mass is 10.1. The molecule has 0 aromatic carbocycles. The van der Waals surface area contributed by atoms with Crippen LogP contribution >= 0.6 is 0 Å². The molecule has 1 rings (SSSR count). The molecule has 4 nitrogen and oxygen atoms in total. The average molecular weight is 154 g/mol. The first-order valence-electron chi connectivity index (χ1n) is 3.75. The Hall–Kier alpha value is -1.03. The van der Waals surface area contributed by atoms with Crippen molar-refractivity contribution < 1.29 is 0 Å². The number of guanidine groups is 1. The van der Waals surface area contributed by atoms with E-state index in [0.717, 1.165) is 12.8 Å². The van der Waals surface area contributed by atoms with Crippen LogP contribution in [-0.2, 0) is 0 Å². The van der Waals surface area contributed by atoms with Gasteiger partial charge in [0.25, 0.3) is 0 Å². The highest BCUT2D eigenvalue weighted by atomic mass is 15.2. The highest BCUT2D eigenvalue weighted by molar-refractivity contribution is 5.80. The number of rotatable bonds is 2. The molecule has 0 saturated carbocycles. The zero-order valence-electron chi connectivity index (χ0n) is 6.67. The van der Waals surface area contributed by atoms with Gasteiger partial charge in [-0.25, -0.2) is 4.99 Å². The summed E-state index contributed by atoms with van der Waals surface area (Å²) in [6.45, 7) is 2.07. The fourth-order valence-corrected chi connectivity index (χ4v) is 1.10. The van der Waals surface area contributed by atoms with E-state index in [1.54, 1.807) is 6.20 Å².